The van der Waals surface area contributed by atoms with Gasteiger partial charge in [0.15, 0.2) is 0 Å². The third kappa shape index (κ3) is 4.25. The van der Waals surface area contributed by atoms with Crippen LogP contribution in [0.15, 0.2) is 60.8 Å². The van der Waals surface area contributed by atoms with Crippen LogP contribution in [0.2, 0.25) is 0 Å². The number of benzene rings is 2. The molecule has 0 unspecified atom stereocenters. The number of nitrogens with zero attached hydrogens (tertiary/aromatic N) is 3. The molecule has 0 radical (unpaired) electrons. The Labute approximate surface area is 159 Å². The van der Waals surface area contributed by atoms with Crippen LogP contribution in [0.5, 0.6) is 5.88 Å². The molecule has 27 heavy (non-hydrogen) atoms. The average Bonchev–Trinajstić information content (AvgIpc) is 2.74. The molecule has 0 N–H and O–H groups in total. The van der Waals surface area contributed by atoms with E-state index in [-0.39, 0.29) is 12.0 Å². The lowest BCUT2D eigenvalue weighted by molar-refractivity contribution is -0.132. The van der Waals surface area contributed by atoms with Gasteiger partial charge >= 0.3 is 0 Å². The van der Waals surface area contributed by atoms with Crippen LogP contribution in [0.1, 0.15) is 24.8 Å². The van der Waals surface area contributed by atoms with Gasteiger partial charge in [0.25, 0.3) is 0 Å². The summed E-state index contributed by atoms with van der Waals surface area (Å²) in [6.45, 7) is 1.47. The van der Waals surface area contributed by atoms with Gasteiger partial charge < -0.3 is 9.64 Å². The van der Waals surface area contributed by atoms with Crippen LogP contribution >= 0.6 is 0 Å². The molecule has 0 atom stereocenters. The fraction of sp³-hybridized carbons (Fsp3) is 0.318. The SMILES string of the molecule is O=C(CCc1ccccc1)N1CCC(Oc2nncc3ccccc23)CC1. The lowest BCUT2D eigenvalue weighted by Crippen LogP contribution is -2.42. The van der Waals surface area contributed by atoms with E-state index in [0.29, 0.717) is 12.3 Å². The van der Waals surface area contributed by atoms with Gasteiger partial charge in [0.05, 0.1) is 6.20 Å². The van der Waals surface area contributed by atoms with E-state index in [0.717, 1.165) is 43.1 Å². The smallest absolute Gasteiger partial charge is 0.241 e. The van der Waals surface area contributed by atoms with Crippen molar-refractivity contribution in [2.24, 2.45) is 0 Å². The maximum absolute atomic E-state index is 12.5. The van der Waals surface area contributed by atoms with Crippen LogP contribution in [0.3, 0.4) is 0 Å². The highest BCUT2D eigenvalue weighted by atomic mass is 16.5. The number of piperidine rings is 1. The molecule has 1 fully saturated rings. The summed E-state index contributed by atoms with van der Waals surface area (Å²) < 4.78 is 6.11. The first kappa shape index (κ1) is 17.5. The lowest BCUT2D eigenvalue weighted by Gasteiger charge is -2.32. The van der Waals surface area contributed by atoms with Crippen molar-refractivity contribution in [2.45, 2.75) is 31.8 Å². The van der Waals surface area contributed by atoms with Crippen molar-refractivity contribution in [1.29, 1.82) is 0 Å². The zero-order valence-electron chi connectivity index (χ0n) is 15.3. The molecule has 138 valence electrons. The topological polar surface area (TPSA) is 55.3 Å². The van der Waals surface area contributed by atoms with E-state index in [4.69, 9.17) is 4.74 Å². The van der Waals surface area contributed by atoms with E-state index in [1.165, 1.54) is 5.56 Å². The van der Waals surface area contributed by atoms with Gasteiger partial charge in [-0.1, -0.05) is 48.5 Å². The van der Waals surface area contributed by atoms with E-state index in [2.05, 4.69) is 22.3 Å². The monoisotopic (exact) mass is 361 g/mol. The molecule has 2 heterocycles. The Morgan fingerprint density at radius 3 is 2.59 bits per heavy atom. The van der Waals surface area contributed by atoms with E-state index in [1.807, 2.05) is 47.4 Å². The number of aryl methyl sites for hydroxylation is 1. The molecule has 5 heteroatoms. The number of amides is 1. The number of aromatic nitrogens is 2. The summed E-state index contributed by atoms with van der Waals surface area (Å²) in [6.07, 6.45) is 4.81. The zero-order valence-corrected chi connectivity index (χ0v) is 15.3. The number of hydrogen-bond acceptors (Lipinski definition) is 4. The Kier molecular flexibility index (Phi) is 5.28. The fourth-order valence-electron chi connectivity index (χ4n) is 3.52. The van der Waals surface area contributed by atoms with Crippen LogP contribution in [-0.2, 0) is 11.2 Å². The maximum atomic E-state index is 12.5. The maximum Gasteiger partial charge on any atom is 0.241 e. The fourth-order valence-corrected chi connectivity index (χ4v) is 3.52. The highest BCUT2D eigenvalue weighted by Gasteiger charge is 2.24. The molecule has 1 saturated heterocycles. The minimum absolute atomic E-state index is 0.0725. The highest BCUT2D eigenvalue weighted by molar-refractivity contribution is 5.85. The zero-order chi connectivity index (χ0) is 18.5. The van der Waals surface area contributed by atoms with E-state index >= 15 is 0 Å². The number of fused-ring (bicyclic) bond motifs is 1. The van der Waals surface area contributed by atoms with Gasteiger partial charge in [-0.25, -0.2) is 0 Å². The average molecular weight is 361 g/mol. The van der Waals surface area contributed by atoms with Crippen molar-refractivity contribution in [3.8, 4) is 5.88 Å². The summed E-state index contributed by atoms with van der Waals surface area (Å²) in [6, 6.07) is 18.1. The number of rotatable bonds is 5. The van der Waals surface area contributed by atoms with Crippen LogP contribution in [0.25, 0.3) is 10.8 Å². The van der Waals surface area contributed by atoms with Gasteiger partial charge in [-0.15, -0.1) is 5.10 Å². The first-order valence-corrected chi connectivity index (χ1v) is 9.48. The predicted octanol–water partition coefficient (Wildman–Crippen LogP) is 3.63. The van der Waals surface area contributed by atoms with Crippen molar-refractivity contribution in [3.63, 3.8) is 0 Å². The van der Waals surface area contributed by atoms with Crippen molar-refractivity contribution < 1.29 is 9.53 Å². The first-order valence-electron chi connectivity index (χ1n) is 9.48. The second-order valence-corrected chi connectivity index (χ2v) is 6.92. The molecule has 1 aliphatic rings. The minimum atomic E-state index is 0.0725. The van der Waals surface area contributed by atoms with Gasteiger partial charge in [0, 0.05) is 43.1 Å². The second-order valence-electron chi connectivity index (χ2n) is 6.92. The highest BCUT2D eigenvalue weighted by Crippen LogP contribution is 2.25. The summed E-state index contributed by atoms with van der Waals surface area (Å²) in [5.41, 5.74) is 1.21. The standard InChI is InChI=1S/C22H23N3O2/c26-21(11-10-17-6-2-1-3-7-17)25-14-12-19(13-15-25)27-22-20-9-5-4-8-18(20)16-23-24-22/h1-9,16,19H,10-15H2. The van der Waals surface area contributed by atoms with Crippen LogP contribution in [0, 0.1) is 0 Å². The van der Waals surface area contributed by atoms with Crippen molar-refractivity contribution in [2.75, 3.05) is 13.1 Å². The molecule has 4 rings (SSSR count). The number of likely N-dealkylation sites (tertiary alicyclic amines) is 1. The number of carbonyl (C=O) groups is 1. The molecule has 2 aromatic carbocycles. The minimum Gasteiger partial charge on any atom is -0.473 e. The summed E-state index contributed by atoms with van der Waals surface area (Å²) >= 11 is 0. The molecule has 1 aromatic heterocycles. The largest absolute Gasteiger partial charge is 0.473 e. The summed E-state index contributed by atoms with van der Waals surface area (Å²) in [4.78, 5) is 14.4. The Morgan fingerprint density at radius 2 is 1.78 bits per heavy atom. The van der Waals surface area contributed by atoms with Crippen LogP contribution in [0.4, 0.5) is 0 Å². The molecular formula is C22H23N3O2. The summed E-state index contributed by atoms with van der Waals surface area (Å²) in [5, 5.41) is 10.2. The molecule has 5 nitrogen and oxygen atoms in total. The number of carbonyl (C=O) groups excluding carboxylic acids is 1. The normalized spacial score (nSPS) is 15.0. The molecule has 3 aromatic rings. The summed E-state index contributed by atoms with van der Waals surface area (Å²) in [5.74, 6) is 0.809. The summed E-state index contributed by atoms with van der Waals surface area (Å²) in [7, 11) is 0. The lowest BCUT2D eigenvalue weighted by atomic mass is 10.1. The van der Waals surface area contributed by atoms with Gasteiger partial charge in [0.2, 0.25) is 11.8 Å². The second kappa shape index (κ2) is 8.16. The van der Waals surface area contributed by atoms with Gasteiger partial charge in [-0.05, 0) is 18.1 Å². The molecule has 0 spiro atoms. The Morgan fingerprint density at radius 1 is 1.04 bits per heavy atom. The molecule has 1 amide bonds. The van der Waals surface area contributed by atoms with E-state index in [1.54, 1.807) is 6.20 Å². The molecule has 0 aliphatic carbocycles. The Hall–Kier alpha value is -2.95. The third-order valence-corrected chi connectivity index (χ3v) is 5.08. The van der Waals surface area contributed by atoms with Crippen LogP contribution < -0.4 is 4.74 Å². The number of hydrogen-bond donors (Lipinski definition) is 0. The van der Waals surface area contributed by atoms with E-state index in [9.17, 15) is 4.79 Å². The van der Waals surface area contributed by atoms with Crippen molar-refractivity contribution >= 4 is 16.7 Å². The molecule has 0 bridgehead atoms. The Balaban J connectivity index is 1.30. The molecule has 1 aliphatic heterocycles. The number of ether oxygens (including phenoxy) is 1. The quantitative estimate of drug-likeness (QED) is 0.696. The molecule has 0 saturated carbocycles. The third-order valence-electron chi connectivity index (χ3n) is 5.08. The van der Waals surface area contributed by atoms with Crippen molar-refractivity contribution in [3.05, 3.63) is 66.4 Å². The van der Waals surface area contributed by atoms with E-state index < -0.39 is 0 Å². The predicted molar refractivity (Wildman–Crippen MR) is 105 cm³/mol. The van der Waals surface area contributed by atoms with Gasteiger partial charge in [0.1, 0.15) is 6.10 Å². The van der Waals surface area contributed by atoms with Crippen molar-refractivity contribution in [1.82, 2.24) is 15.1 Å². The Bertz CT molecular complexity index is 900. The van der Waals surface area contributed by atoms with Gasteiger partial charge in [-0.3, -0.25) is 4.79 Å². The first-order chi connectivity index (χ1) is 13.3. The van der Waals surface area contributed by atoms with Crippen LogP contribution in [-0.4, -0.2) is 40.2 Å². The van der Waals surface area contributed by atoms with Gasteiger partial charge in [-0.2, -0.15) is 5.10 Å². The molecular weight excluding hydrogens is 338 g/mol.